The summed E-state index contributed by atoms with van der Waals surface area (Å²) in [6, 6.07) is 20.7. The first-order valence-electron chi connectivity index (χ1n) is 11.9. The van der Waals surface area contributed by atoms with Crippen LogP contribution in [-0.4, -0.2) is 65.1 Å². The molecule has 3 aromatic carbocycles. The summed E-state index contributed by atoms with van der Waals surface area (Å²) in [6.07, 6.45) is 0.748. The van der Waals surface area contributed by atoms with Gasteiger partial charge >= 0.3 is 0 Å². The van der Waals surface area contributed by atoms with Crippen molar-refractivity contribution in [2.45, 2.75) is 19.4 Å². The van der Waals surface area contributed by atoms with Crippen LogP contribution in [0.15, 0.2) is 60.7 Å². The van der Waals surface area contributed by atoms with Gasteiger partial charge < -0.3 is 4.90 Å². The van der Waals surface area contributed by atoms with E-state index in [-0.39, 0.29) is 24.3 Å². The molecular formula is C28H26N4O3. The molecule has 2 aliphatic rings. The van der Waals surface area contributed by atoms with Crippen molar-refractivity contribution in [3.8, 4) is 6.07 Å². The molecule has 35 heavy (non-hydrogen) atoms. The second-order valence-electron chi connectivity index (χ2n) is 9.04. The van der Waals surface area contributed by atoms with Gasteiger partial charge in [0, 0.05) is 62.2 Å². The van der Waals surface area contributed by atoms with Gasteiger partial charge in [-0.25, -0.2) is 0 Å². The van der Waals surface area contributed by atoms with Crippen LogP contribution in [0, 0.1) is 11.3 Å². The quantitative estimate of drug-likeness (QED) is 0.520. The lowest BCUT2D eigenvalue weighted by atomic mass is 9.94. The van der Waals surface area contributed by atoms with Crippen molar-refractivity contribution in [2.75, 3.05) is 32.7 Å². The fourth-order valence-electron chi connectivity index (χ4n) is 4.93. The molecule has 1 fully saturated rings. The molecular weight excluding hydrogens is 440 g/mol. The van der Waals surface area contributed by atoms with Gasteiger partial charge in [-0.05, 0) is 41.6 Å². The van der Waals surface area contributed by atoms with E-state index in [9.17, 15) is 14.4 Å². The summed E-state index contributed by atoms with van der Waals surface area (Å²) in [5, 5.41) is 10.5. The van der Waals surface area contributed by atoms with Gasteiger partial charge in [0.1, 0.15) is 0 Å². The van der Waals surface area contributed by atoms with Crippen LogP contribution in [-0.2, 0) is 11.3 Å². The molecule has 0 N–H and O–H groups in total. The predicted octanol–water partition coefficient (Wildman–Crippen LogP) is 3.43. The molecule has 0 radical (unpaired) electrons. The SMILES string of the molecule is N#Cc1ccc(CN2CCN(C(=O)CCCN3C(=O)c4cccc5cccc(c45)C3=O)CC2)cc1. The maximum absolute atomic E-state index is 13.0. The fourth-order valence-corrected chi connectivity index (χ4v) is 4.93. The van der Waals surface area contributed by atoms with Gasteiger partial charge in [-0.3, -0.25) is 24.2 Å². The van der Waals surface area contributed by atoms with Crippen LogP contribution < -0.4 is 0 Å². The molecule has 2 aliphatic heterocycles. The molecule has 0 saturated carbocycles. The lowest BCUT2D eigenvalue weighted by Crippen LogP contribution is -2.48. The van der Waals surface area contributed by atoms with Crippen molar-refractivity contribution < 1.29 is 14.4 Å². The minimum atomic E-state index is -0.289. The van der Waals surface area contributed by atoms with Crippen LogP contribution in [0.4, 0.5) is 0 Å². The number of amides is 3. The van der Waals surface area contributed by atoms with Gasteiger partial charge in [0.05, 0.1) is 11.6 Å². The number of benzene rings is 3. The molecule has 3 aromatic rings. The summed E-state index contributed by atoms with van der Waals surface area (Å²) >= 11 is 0. The van der Waals surface area contributed by atoms with Crippen molar-refractivity contribution in [3.63, 3.8) is 0 Å². The molecule has 0 atom stereocenters. The summed E-state index contributed by atoms with van der Waals surface area (Å²) in [5.74, 6) is -0.520. The van der Waals surface area contributed by atoms with Crippen molar-refractivity contribution in [3.05, 3.63) is 82.9 Å². The van der Waals surface area contributed by atoms with Gasteiger partial charge in [0.25, 0.3) is 11.8 Å². The van der Waals surface area contributed by atoms with Crippen LogP contribution in [0.3, 0.4) is 0 Å². The van der Waals surface area contributed by atoms with Crippen LogP contribution in [0.2, 0.25) is 0 Å². The Morgan fingerprint density at radius 1 is 0.857 bits per heavy atom. The third-order valence-corrected chi connectivity index (χ3v) is 6.84. The molecule has 1 saturated heterocycles. The van der Waals surface area contributed by atoms with E-state index in [0.29, 0.717) is 42.6 Å². The van der Waals surface area contributed by atoms with Gasteiger partial charge in [0.2, 0.25) is 5.91 Å². The van der Waals surface area contributed by atoms with Gasteiger partial charge in [-0.2, -0.15) is 5.26 Å². The Bertz CT molecular complexity index is 1280. The topological polar surface area (TPSA) is 84.7 Å². The summed E-state index contributed by atoms with van der Waals surface area (Å²) in [6.45, 7) is 3.91. The number of hydrogen-bond donors (Lipinski definition) is 0. The lowest BCUT2D eigenvalue weighted by Gasteiger charge is -2.35. The normalized spacial score (nSPS) is 16.0. The summed E-state index contributed by atoms with van der Waals surface area (Å²) in [7, 11) is 0. The zero-order valence-corrected chi connectivity index (χ0v) is 19.4. The molecule has 7 nitrogen and oxygen atoms in total. The highest BCUT2D eigenvalue weighted by molar-refractivity contribution is 6.25. The Morgan fingerprint density at radius 3 is 2.09 bits per heavy atom. The van der Waals surface area contributed by atoms with Crippen molar-refractivity contribution in [1.29, 1.82) is 5.26 Å². The number of imide groups is 1. The van der Waals surface area contributed by atoms with E-state index in [1.165, 1.54) is 4.90 Å². The first-order chi connectivity index (χ1) is 17.0. The molecule has 3 amide bonds. The van der Waals surface area contributed by atoms with E-state index in [0.717, 1.165) is 36.0 Å². The Kier molecular flexibility index (Phi) is 6.30. The van der Waals surface area contributed by atoms with E-state index in [1.54, 1.807) is 12.1 Å². The molecule has 0 unspecified atom stereocenters. The second-order valence-corrected chi connectivity index (χ2v) is 9.04. The molecule has 7 heteroatoms. The highest BCUT2D eigenvalue weighted by Crippen LogP contribution is 2.30. The third kappa shape index (κ3) is 4.53. The second kappa shape index (κ2) is 9.69. The van der Waals surface area contributed by atoms with E-state index in [2.05, 4.69) is 11.0 Å². The Morgan fingerprint density at radius 2 is 1.49 bits per heavy atom. The molecule has 0 aromatic heterocycles. The van der Waals surface area contributed by atoms with Crippen molar-refractivity contribution >= 4 is 28.5 Å². The van der Waals surface area contributed by atoms with E-state index in [4.69, 9.17) is 5.26 Å². The Hall–Kier alpha value is -4.02. The molecule has 5 rings (SSSR count). The highest BCUT2D eigenvalue weighted by Gasteiger charge is 2.32. The van der Waals surface area contributed by atoms with E-state index >= 15 is 0 Å². The number of nitrogens with zero attached hydrogens (tertiary/aromatic N) is 4. The van der Waals surface area contributed by atoms with Crippen molar-refractivity contribution in [1.82, 2.24) is 14.7 Å². The average Bonchev–Trinajstić information content (AvgIpc) is 2.90. The zero-order valence-electron chi connectivity index (χ0n) is 19.4. The smallest absolute Gasteiger partial charge is 0.261 e. The number of piperazine rings is 1. The monoisotopic (exact) mass is 466 g/mol. The van der Waals surface area contributed by atoms with Gasteiger partial charge in [-0.1, -0.05) is 36.4 Å². The predicted molar refractivity (Wildman–Crippen MR) is 132 cm³/mol. The minimum absolute atomic E-state index is 0.0578. The lowest BCUT2D eigenvalue weighted by molar-refractivity contribution is -0.133. The molecule has 0 aliphatic carbocycles. The third-order valence-electron chi connectivity index (χ3n) is 6.84. The maximum Gasteiger partial charge on any atom is 0.261 e. The fraction of sp³-hybridized carbons (Fsp3) is 0.286. The number of carbonyl (C=O) groups excluding carboxylic acids is 3. The minimum Gasteiger partial charge on any atom is -0.340 e. The average molecular weight is 467 g/mol. The number of carbonyl (C=O) groups is 3. The largest absolute Gasteiger partial charge is 0.340 e. The van der Waals surface area contributed by atoms with Gasteiger partial charge in [0.15, 0.2) is 0 Å². The first kappa shape index (κ1) is 22.8. The maximum atomic E-state index is 13.0. The van der Waals surface area contributed by atoms with Crippen molar-refractivity contribution in [2.24, 2.45) is 0 Å². The number of nitriles is 1. The summed E-state index contributed by atoms with van der Waals surface area (Å²) in [5.41, 5.74) is 2.89. The highest BCUT2D eigenvalue weighted by atomic mass is 16.2. The van der Waals surface area contributed by atoms with Crippen LogP contribution in [0.25, 0.3) is 10.8 Å². The van der Waals surface area contributed by atoms with E-state index < -0.39 is 0 Å². The summed E-state index contributed by atoms with van der Waals surface area (Å²) in [4.78, 5) is 44.2. The summed E-state index contributed by atoms with van der Waals surface area (Å²) < 4.78 is 0. The molecule has 0 spiro atoms. The molecule has 0 bridgehead atoms. The van der Waals surface area contributed by atoms with Crippen LogP contribution >= 0.6 is 0 Å². The molecule has 2 heterocycles. The number of rotatable bonds is 6. The van der Waals surface area contributed by atoms with Crippen LogP contribution in [0.1, 0.15) is 44.7 Å². The van der Waals surface area contributed by atoms with Crippen LogP contribution in [0.5, 0.6) is 0 Å². The standard InChI is InChI=1S/C28H26N4O3/c29-18-20-9-11-21(12-10-20)19-30-14-16-31(17-15-30)25(33)8-3-13-32-27(34)23-6-1-4-22-5-2-7-24(26(22)23)28(32)35/h1-2,4-7,9-12H,3,8,13-17,19H2. The van der Waals surface area contributed by atoms with Gasteiger partial charge in [-0.15, -0.1) is 0 Å². The zero-order chi connectivity index (χ0) is 24.4. The first-order valence-corrected chi connectivity index (χ1v) is 11.9. The Balaban J connectivity index is 1.12. The van der Waals surface area contributed by atoms with E-state index in [1.807, 2.05) is 53.4 Å². The molecule has 176 valence electrons. The number of hydrogen-bond acceptors (Lipinski definition) is 5. The Labute approximate surface area is 204 Å².